The van der Waals surface area contributed by atoms with Crippen molar-refractivity contribution in [2.45, 2.75) is 13.3 Å². The lowest BCUT2D eigenvalue weighted by Crippen LogP contribution is -2.18. The minimum Gasteiger partial charge on any atom is -0.323 e. The summed E-state index contributed by atoms with van der Waals surface area (Å²) in [6.07, 6.45) is 0.843. The highest BCUT2D eigenvalue weighted by Crippen LogP contribution is 2.28. The Morgan fingerprint density at radius 1 is 1.30 bits per heavy atom. The van der Waals surface area contributed by atoms with Crippen molar-refractivity contribution in [2.75, 3.05) is 0 Å². The summed E-state index contributed by atoms with van der Waals surface area (Å²) < 4.78 is 1.96. The Bertz CT molecular complexity index is 888. The maximum Gasteiger partial charge on any atom is 0.263 e. The number of aryl methyl sites for hydroxylation is 1. The van der Waals surface area contributed by atoms with Crippen molar-refractivity contribution in [3.8, 4) is 0 Å². The molecule has 0 aliphatic heterocycles. The molecule has 102 valence electrons. The Hall–Kier alpha value is -1.72. The summed E-state index contributed by atoms with van der Waals surface area (Å²) >= 11 is 6.78. The van der Waals surface area contributed by atoms with E-state index in [1.54, 1.807) is 18.4 Å². The molecule has 0 aliphatic carbocycles. The Balaban J connectivity index is 2.19. The van der Waals surface area contributed by atoms with Gasteiger partial charge in [-0.1, -0.05) is 30.3 Å². The first-order valence-corrected chi connectivity index (χ1v) is 7.55. The van der Waals surface area contributed by atoms with E-state index in [9.17, 15) is 4.79 Å². The molecule has 0 saturated heterocycles. The zero-order valence-electron chi connectivity index (χ0n) is 11.3. The van der Waals surface area contributed by atoms with Crippen molar-refractivity contribution in [3.05, 3.63) is 61.5 Å². The smallest absolute Gasteiger partial charge is 0.263 e. The van der Waals surface area contributed by atoms with Crippen LogP contribution in [-0.4, -0.2) is 9.55 Å². The highest BCUT2D eigenvalue weighted by molar-refractivity contribution is 7.71. The van der Waals surface area contributed by atoms with Gasteiger partial charge in [-0.3, -0.25) is 9.36 Å². The first kappa shape index (κ1) is 13.3. The summed E-state index contributed by atoms with van der Waals surface area (Å²) in [7, 11) is 1.70. The van der Waals surface area contributed by atoms with Gasteiger partial charge in [0.05, 0.1) is 5.39 Å². The van der Waals surface area contributed by atoms with Crippen molar-refractivity contribution >= 4 is 33.8 Å². The van der Waals surface area contributed by atoms with Gasteiger partial charge in [0.1, 0.15) is 4.83 Å². The molecule has 0 amide bonds. The topological polar surface area (TPSA) is 37.8 Å². The third-order valence-electron chi connectivity index (χ3n) is 3.50. The zero-order valence-corrected chi connectivity index (χ0v) is 12.9. The number of H-pyrrole nitrogens is 1. The summed E-state index contributed by atoms with van der Waals surface area (Å²) in [6.45, 7) is 2.01. The molecule has 3 aromatic rings. The van der Waals surface area contributed by atoms with Gasteiger partial charge in [-0.15, -0.1) is 11.3 Å². The lowest BCUT2D eigenvalue weighted by Gasteiger charge is -2.00. The molecular weight excluding hydrogens is 288 g/mol. The molecule has 3 nitrogen and oxygen atoms in total. The van der Waals surface area contributed by atoms with Crippen LogP contribution in [0.5, 0.6) is 0 Å². The van der Waals surface area contributed by atoms with E-state index in [4.69, 9.17) is 12.2 Å². The quantitative estimate of drug-likeness (QED) is 0.735. The zero-order chi connectivity index (χ0) is 14.3. The van der Waals surface area contributed by atoms with Gasteiger partial charge in [0, 0.05) is 18.3 Å². The summed E-state index contributed by atoms with van der Waals surface area (Å²) in [5, 5.41) is 0.761. The van der Waals surface area contributed by atoms with Crippen LogP contribution in [0.1, 0.15) is 16.0 Å². The van der Waals surface area contributed by atoms with E-state index < -0.39 is 0 Å². The molecule has 1 aromatic carbocycles. The normalized spacial score (nSPS) is 11.1. The number of rotatable bonds is 2. The lowest BCUT2D eigenvalue weighted by atomic mass is 10.1. The molecule has 2 aromatic heterocycles. The van der Waals surface area contributed by atoms with Crippen molar-refractivity contribution in [3.63, 3.8) is 0 Å². The SMILES string of the molecule is Cc1c(Cc2ccccc2)sc2[nH]c(=S)n(C)c(=O)c12. The second kappa shape index (κ2) is 5.00. The Morgan fingerprint density at radius 2 is 2.00 bits per heavy atom. The molecule has 3 rings (SSSR count). The summed E-state index contributed by atoms with van der Waals surface area (Å²) in [5.74, 6) is 0. The standard InChI is InChI=1S/C15H14N2OS2/c1-9-11(8-10-6-4-3-5-7-10)20-13-12(9)14(18)17(2)15(19)16-13/h3-7H,8H2,1-2H3,(H,16,19). The van der Waals surface area contributed by atoms with Crippen LogP contribution in [0.25, 0.3) is 10.2 Å². The van der Waals surface area contributed by atoms with Gasteiger partial charge in [-0.05, 0) is 30.3 Å². The molecule has 2 heterocycles. The predicted octanol–water partition coefficient (Wildman–Crippen LogP) is 3.56. The third-order valence-corrected chi connectivity index (χ3v) is 5.08. The first-order chi connectivity index (χ1) is 9.58. The highest BCUT2D eigenvalue weighted by Gasteiger charge is 2.13. The average Bonchev–Trinajstić information content (AvgIpc) is 2.74. The molecule has 0 bridgehead atoms. The van der Waals surface area contributed by atoms with Gasteiger partial charge in [-0.2, -0.15) is 0 Å². The third kappa shape index (κ3) is 2.13. The number of hydrogen-bond donors (Lipinski definition) is 1. The van der Waals surface area contributed by atoms with Crippen molar-refractivity contribution in [2.24, 2.45) is 7.05 Å². The van der Waals surface area contributed by atoms with Gasteiger partial charge in [0.15, 0.2) is 4.77 Å². The molecule has 0 saturated carbocycles. The van der Waals surface area contributed by atoms with Gasteiger partial charge < -0.3 is 4.98 Å². The van der Waals surface area contributed by atoms with Crippen LogP contribution in [0.3, 0.4) is 0 Å². The molecule has 0 spiro atoms. The first-order valence-electron chi connectivity index (χ1n) is 6.33. The molecule has 0 unspecified atom stereocenters. The van der Waals surface area contributed by atoms with E-state index in [1.807, 2.05) is 25.1 Å². The minimum absolute atomic E-state index is 0.0168. The largest absolute Gasteiger partial charge is 0.323 e. The monoisotopic (exact) mass is 302 g/mol. The molecule has 0 atom stereocenters. The highest BCUT2D eigenvalue weighted by atomic mass is 32.1. The van der Waals surface area contributed by atoms with Gasteiger partial charge in [-0.25, -0.2) is 0 Å². The summed E-state index contributed by atoms with van der Waals surface area (Å²) in [6, 6.07) is 10.3. The fourth-order valence-corrected chi connectivity index (χ4v) is 3.78. The van der Waals surface area contributed by atoms with E-state index in [0.29, 0.717) is 4.77 Å². The van der Waals surface area contributed by atoms with Crippen LogP contribution >= 0.6 is 23.6 Å². The van der Waals surface area contributed by atoms with Gasteiger partial charge in [0.2, 0.25) is 0 Å². The molecule has 0 fully saturated rings. The predicted molar refractivity (Wildman–Crippen MR) is 86.2 cm³/mol. The van der Waals surface area contributed by atoms with Gasteiger partial charge >= 0.3 is 0 Å². The maximum absolute atomic E-state index is 12.3. The fraction of sp³-hybridized carbons (Fsp3) is 0.200. The number of nitrogens with one attached hydrogen (secondary N) is 1. The Kier molecular flexibility index (Phi) is 3.31. The second-order valence-corrected chi connectivity index (χ2v) is 6.30. The number of aromatic amines is 1. The molecule has 1 N–H and O–H groups in total. The lowest BCUT2D eigenvalue weighted by molar-refractivity contribution is 0.825. The van der Waals surface area contributed by atoms with Crippen LogP contribution in [0.2, 0.25) is 0 Å². The van der Waals surface area contributed by atoms with E-state index in [2.05, 4.69) is 17.1 Å². The van der Waals surface area contributed by atoms with E-state index in [0.717, 1.165) is 22.2 Å². The Labute approximate surface area is 125 Å². The van der Waals surface area contributed by atoms with Crippen LogP contribution in [0.4, 0.5) is 0 Å². The summed E-state index contributed by atoms with van der Waals surface area (Å²) in [4.78, 5) is 17.5. The number of nitrogens with zero attached hydrogens (tertiary/aromatic N) is 1. The van der Waals surface area contributed by atoms with E-state index in [-0.39, 0.29) is 5.56 Å². The van der Waals surface area contributed by atoms with E-state index >= 15 is 0 Å². The average molecular weight is 302 g/mol. The maximum atomic E-state index is 12.3. The molecule has 0 aliphatic rings. The van der Waals surface area contributed by atoms with Crippen LogP contribution in [-0.2, 0) is 13.5 Å². The molecular formula is C15H14N2OS2. The molecule has 5 heteroatoms. The summed E-state index contributed by atoms with van der Waals surface area (Å²) in [5.41, 5.74) is 2.29. The van der Waals surface area contributed by atoms with Crippen molar-refractivity contribution < 1.29 is 0 Å². The number of benzene rings is 1. The van der Waals surface area contributed by atoms with Crippen LogP contribution in [0, 0.1) is 11.7 Å². The van der Waals surface area contributed by atoms with Crippen LogP contribution in [0.15, 0.2) is 35.1 Å². The van der Waals surface area contributed by atoms with Crippen molar-refractivity contribution in [1.29, 1.82) is 0 Å². The second-order valence-electron chi connectivity index (χ2n) is 4.81. The minimum atomic E-state index is -0.0168. The number of thiophene rings is 1. The van der Waals surface area contributed by atoms with E-state index in [1.165, 1.54) is 15.0 Å². The number of aromatic nitrogens is 2. The number of fused-ring (bicyclic) bond motifs is 1. The molecule has 0 radical (unpaired) electrons. The Morgan fingerprint density at radius 3 is 2.70 bits per heavy atom. The van der Waals surface area contributed by atoms with Crippen LogP contribution < -0.4 is 5.56 Å². The van der Waals surface area contributed by atoms with Gasteiger partial charge in [0.25, 0.3) is 5.56 Å². The van der Waals surface area contributed by atoms with Crippen molar-refractivity contribution in [1.82, 2.24) is 9.55 Å². The fourth-order valence-electron chi connectivity index (χ4n) is 2.30. The molecule has 20 heavy (non-hydrogen) atoms. The number of hydrogen-bond acceptors (Lipinski definition) is 3.